The average Bonchev–Trinajstić information content (AvgIpc) is 2.52. The number of rotatable bonds is 1. The fraction of sp³-hybridized carbons (Fsp3) is 0.125. The topological polar surface area (TPSA) is 81.8 Å². The van der Waals surface area contributed by atoms with Crippen LogP contribution in [0.4, 0.5) is 0 Å². The number of amides is 1. The monoisotopic (exact) mass is 181 g/mol. The molecule has 13 heavy (non-hydrogen) atoms. The van der Waals surface area contributed by atoms with E-state index < -0.39 is 5.91 Å². The van der Waals surface area contributed by atoms with E-state index in [0.717, 1.165) is 0 Å². The maximum absolute atomic E-state index is 10.8. The molecule has 1 heterocycles. The first-order valence-electron chi connectivity index (χ1n) is 3.61. The van der Waals surface area contributed by atoms with Crippen molar-refractivity contribution in [2.24, 2.45) is 5.73 Å². The second kappa shape index (κ2) is 2.55. The van der Waals surface area contributed by atoms with Gasteiger partial charge in [0.25, 0.3) is 5.91 Å². The van der Waals surface area contributed by atoms with Crippen molar-refractivity contribution in [3.8, 4) is 17.2 Å². The maximum Gasteiger partial charge on any atom is 0.252 e. The van der Waals surface area contributed by atoms with E-state index in [4.69, 9.17) is 15.2 Å². The Bertz CT molecular complexity index is 375. The summed E-state index contributed by atoms with van der Waals surface area (Å²) in [5.41, 5.74) is 5.05. The van der Waals surface area contributed by atoms with Gasteiger partial charge in [0, 0.05) is 0 Å². The van der Waals surface area contributed by atoms with Gasteiger partial charge in [0.1, 0.15) is 0 Å². The number of hydrogen-bond donors (Lipinski definition) is 2. The molecule has 2 rings (SSSR count). The summed E-state index contributed by atoms with van der Waals surface area (Å²) in [7, 11) is 0. The number of carbonyl (C=O) groups is 1. The Hall–Kier alpha value is -1.91. The average molecular weight is 181 g/mol. The molecule has 0 radical (unpaired) electrons. The van der Waals surface area contributed by atoms with Crippen LogP contribution in [-0.4, -0.2) is 17.8 Å². The standard InChI is InChI=1S/C8H7NO4/c9-8(11)4-1-2-5-7(6(4)10)13-3-12-5/h1-2,10H,3H2,(H2,9,11). The van der Waals surface area contributed by atoms with Gasteiger partial charge in [-0.1, -0.05) is 0 Å². The highest BCUT2D eigenvalue weighted by atomic mass is 16.7. The van der Waals surface area contributed by atoms with E-state index in [9.17, 15) is 9.90 Å². The normalized spacial score (nSPS) is 12.9. The molecule has 0 saturated heterocycles. The summed E-state index contributed by atoms with van der Waals surface area (Å²) >= 11 is 0. The zero-order valence-corrected chi connectivity index (χ0v) is 6.61. The molecule has 5 nitrogen and oxygen atoms in total. The largest absolute Gasteiger partial charge is 0.504 e. The molecule has 0 aromatic heterocycles. The van der Waals surface area contributed by atoms with E-state index >= 15 is 0 Å². The van der Waals surface area contributed by atoms with E-state index in [1.165, 1.54) is 12.1 Å². The molecular formula is C8H7NO4. The van der Waals surface area contributed by atoms with Crippen LogP contribution < -0.4 is 15.2 Å². The van der Waals surface area contributed by atoms with Gasteiger partial charge in [-0.2, -0.15) is 0 Å². The number of ether oxygens (including phenoxy) is 2. The molecular weight excluding hydrogens is 174 g/mol. The highest BCUT2D eigenvalue weighted by Gasteiger charge is 2.22. The van der Waals surface area contributed by atoms with Crippen LogP contribution in [0.1, 0.15) is 10.4 Å². The Morgan fingerprint density at radius 1 is 1.46 bits per heavy atom. The van der Waals surface area contributed by atoms with Crippen molar-refractivity contribution in [2.75, 3.05) is 6.79 Å². The van der Waals surface area contributed by atoms with Gasteiger partial charge in [-0.05, 0) is 12.1 Å². The first-order chi connectivity index (χ1) is 6.20. The number of phenols is 1. The minimum atomic E-state index is -0.698. The predicted octanol–water partition coefficient (Wildman–Crippen LogP) is 0.220. The lowest BCUT2D eigenvalue weighted by molar-refractivity contribution is 0.0997. The van der Waals surface area contributed by atoms with Crippen molar-refractivity contribution >= 4 is 5.91 Å². The summed E-state index contributed by atoms with van der Waals surface area (Å²) in [5, 5.41) is 9.47. The lowest BCUT2D eigenvalue weighted by Gasteiger charge is -2.02. The second-order valence-electron chi connectivity index (χ2n) is 2.56. The fourth-order valence-electron chi connectivity index (χ4n) is 1.16. The quantitative estimate of drug-likeness (QED) is 0.649. The summed E-state index contributed by atoms with van der Waals surface area (Å²) in [6.45, 7) is 0.0467. The summed E-state index contributed by atoms with van der Waals surface area (Å²) in [6, 6.07) is 2.92. The van der Waals surface area contributed by atoms with Gasteiger partial charge >= 0.3 is 0 Å². The molecule has 1 aromatic carbocycles. The lowest BCUT2D eigenvalue weighted by Crippen LogP contribution is -2.10. The van der Waals surface area contributed by atoms with Crippen LogP contribution in [0.3, 0.4) is 0 Å². The smallest absolute Gasteiger partial charge is 0.252 e. The first-order valence-corrected chi connectivity index (χ1v) is 3.61. The van der Waals surface area contributed by atoms with Crippen LogP contribution in [-0.2, 0) is 0 Å². The van der Waals surface area contributed by atoms with Crippen LogP contribution in [0.5, 0.6) is 17.2 Å². The third-order valence-electron chi connectivity index (χ3n) is 1.78. The number of primary amides is 1. The number of hydrogen-bond acceptors (Lipinski definition) is 4. The van der Waals surface area contributed by atoms with Gasteiger partial charge in [-0.3, -0.25) is 4.79 Å². The summed E-state index contributed by atoms with van der Waals surface area (Å²) in [5.74, 6) is -0.364. The summed E-state index contributed by atoms with van der Waals surface area (Å²) in [6.07, 6.45) is 0. The Labute approximate surface area is 73.7 Å². The van der Waals surface area contributed by atoms with Crippen LogP contribution in [0.15, 0.2) is 12.1 Å². The Morgan fingerprint density at radius 3 is 2.92 bits per heavy atom. The van der Waals surface area contributed by atoms with Crippen LogP contribution >= 0.6 is 0 Å². The van der Waals surface area contributed by atoms with Crippen molar-refractivity contribution in [3.05, 3.63) is 17.7 Å². The first kappa shape index (κ1) is 7.72. The molecule has 0 atom stereocenters. The molecule has 68 valence electrons. The van der Waals surface area contributed by atoms with E-state index in [0.29, 0.717) is 5.75 Å². The molecule has 0 saturated carbocycles. The third kappa shape index (κ3) is 1.05. The minimum absolute atomic E-state index is 0.0317. The SMILES string of the molecule is NC(=O)c1ccc2c(c1O)OCO2. The molecule has 0 unspecified atom stereocenters. The minimum Gasteiger partial charge on any atom is -0.504 e. The Balaban J connectivity index is 2.59. The van der Waals surface area contributed by atoms with Gasteiger partial charge in [0.15, 0.2) is 11.5 Å². The van der Waals surface area contributed by atoms with Crippen LogP contribution in [0.2, 0.25) is 0 Å². The van der Waals surface area contributed by atoms with Crippen molar-refractivity contribution < 1.29 is 19.4 Å². The second-order valence-corrected chi connectivity index (χ2v) is 2.56. The summed E-state index contributed by atoms with van der Waals surface area (Å²) < 4.78 is 9.92. The van der Waals surface area contributed by atoms with Crippen molar-refractivity contribution in [1.29, 1.82) is 0 Å². The molecule has 5 heteroatoms. The van der Waals surface area contributed by atoms with E-state index in [-0.39, 0.29) is 23.9 Å². The predicted molar refractivity (Wildman–Crippen MR) is 42.7 cm³/mol. The van der Waals surface area contributed by atoms with E-state index in [1.807, 2.05) is 0 Å². The molecule has 1 amide bonds. The molecule has 1 aliphatic rings. The van der Waals surface area contributed by atoms with Gasteiger partial charge in [0.2, 0.25) is 12.5 Å². The Kier molecular flexibility index (Phi) is 1.51. The van der Waals surface area contributed by atoms with E-state index in [1.54, 1.807) is 0 Å². The molecule has 0 spiro atoms. The van der Waals surface area contributed by atoms with Gasteiger partial charge in [0.05, 0.1) is 5.56 Å². The zero-order chi connectivity index (χ0) is 9.42. The van der Waals surface area contributed by atoms with Gasteiger partial charge < -0.3 is 20.3 Å². The zero-order valence-electron chi connectivity index (χ0n) is 6.61. The molecule has 0 fully saturated rings. The van der Waals surface area contributed by atoms with E-state index in [2.05, 4.69) is 0 Å². The Morgan fingerprint density at radius 2 is 2.23 bits per heavy atom. The number of carbonyl (C=O) groups excluding carboxylic acids is 1. The molecule has 1 aromatic rings. The van der Waals surface area contributed by atoms with Crippen LogP contribution in [0.25, 0.3) is 0 Å². The number of benzene rings is 1. The summed E-state index contributed by atoms with van der Waals surface area (Å²) in [4.78, 5) is 10.8. The number of aromatic hydroxyl groups is 1. The van der Waals surface area contributed by atoms with Crippen molar-refractivity contribution in [3.63, 3.8) is 0 Å². The highest BCUT2D eigenvalue weighted by Crippen LogP contribution is 2.41. The third-order valence-corrected chi connectivity index (χ3v) is 1.78. The number of nitrogens with two attached hydrogens (primary N) is 1. The maximum atomic E-state index is 10.8. The molecule has 1 aliphatic heterocycles. The fourth-order valence-corrected chi connectivity index (χ4v) is 1.16. The lowest BCUT2D eigenvalue weighted by atomic mass is 10.1. The highest BCUT2D eigenvalue weighted by molar-refractivity contribution is 5.96. The van der Waals surface area contributed by atoms with Crippen molar-refractivity contribution in [2.45, 2.75) is 0 Å². The van der Waals surface area contributed by atoms with Crippen molar-refractivity contribution in [1.82, 2.24) is 0 Å². The molecule has 3 N–H and O–H groups in total. The molecule has 0 bridgehead atoms. The van der Waals surface area contributed by atoms with Gasteiger partial charge in [-0.25, -0.2) is 0 Å². The van der Waals surface area contributed by atoms with Gasteiger partial charge in [-0.15, -0.1) is 0 Å². The molecule has 0 aliphatic carbocycles. The van der Waals surface area contributed by atoms with Crippen LogP contribution in [0, 0.1) is 0 Å². The number of fused-ring (bicyclic) bond motifs is 1.